The molecule has 0 aliphatic heterocycles. The van der Waals surface area contributed by atoms with E-state index in [-0.39, 0.29) is 11.6 Å². The smallest absolute Gasteiger partial charge is 0.137 e. The van der Waals surface area contributed by atoms with Crippen molar-refractivity contribution in [3.8, 4) is 0 Å². The lowest BCUT2D eigenvalue weighted by Crippen LogP contribution is -2.11. The maximum absolute atomic E-state index is 13.0. The van der Waals surface area contributed by atoms with Gasteiger partial charge >= 0.3 is 0 Å². The van der Waals surface area contributed by atoms with Gasteiger partial charge in [0, 0.05) is 12.8 Å². The average Bonchev–Trinajstić information content (AvgIpc) is 2.38. The van der Waals surface area contributed by atoms with Gasteiger partial charge in [0.2, 0.25) is 0 Å². The zero-order chi connectivity index (χ0) is 14.3. The number of aryl methyl sites for hydroxylation is 1. The molecule has 0 aliphatic rings. The van der Waals surface area contributed by atoms with Gasteiger partial charge in [-0.2, -0.15) is 0 Å². The zero-order valence-corrected chi connectivity index (χ0v) is 11.9. The lowest BCUT2D eigenvalue weighted by molar-refractivity contribution is -0.118. The molecule has 0 bridgehead atoms. The summed E-state index contributed by atoms with van der Waals surface area (Å²) in [7, 11) is 0. The van der Waals surface area contributed by atoms with Crippen LogP contribution in [0, 0.1) is 18.7 Å². The zero-order valence-electron chi connectivity index (χ0n) is 11.9. The molecule has 1 aromatic rings. The van der Waals surface area contributed by atoms with Crippen molar-refractivity contribution in [1.29, 1.82) is 0 Å². The standard InChI is InChI=1S/C16H24FNO/c1-3-13(8-9-18)4-7-16(19)11-14-5-6-15(17)10-12(14)2/h5-6,10,13H,3-4,7-9,11,18H2,1-2H3. The van der Waals surface area contributed by atoms with Crippen LogP contribution in [0.1, 0.15) is 43.7 Å². The van der Waals surface area contributed by atoms with Gasteiger partial charge < -0.3 is 5.73 Å². The number of hydrogen-bond donors (Lipinski definition) is 1. The second-order valence-electron chi connectivity index (χ2n) is 5.18. The molecule has 0 spiro atoms. The highest BCUT2D eigenvalue weighted by Gasteiger charge is 2.11. The Labute approximate surface area is 115 Å². The fourth-order valence-electron chi connectivity index (χ4n) is 2.31. The van der Waals surface area contributed by atoms with Crippen molar-refractivity contribution in [2.45, 2.75) is 46.0 Å². The molecule has 0 saturated carbocycles. The van der Waals surface area contributed by atoms with E-state index in [1.54, 1.807) is 6.07 Å². The molecule has 0 amide bonds. The summed E-state index contributed by atoms with van der Waals surface area (Å²) in [5, 5.41) is 0. The van der Waals surface area contributed by atoms with Gasteiger partial charge in [0.25, 0.3) is 0 Å². The van der Waals surface area contributed by atoms with E-state index in [1.807, 2.05) is 6.92 Å². The number of carbonyl (C=O) groups excluding carboxylic acids is 1. The van der Waals surface area contributed by atoms with Gasteiger partial charge in [-0.3, -0.25) is 4.79 Å². The van der Waals surface area contributed by atoms with E-state index in [2.05, 4.69) is 6.92 Å². The average molecular weight is 265 g/mol. The predicted octanol–water partition coefficient (Wildman–Crippen LogP) is 3.40. The van der Waals surface area contributed by atoms with Gasteiger partial charge in [0.15, 0.2) is 0 Å². The molecule has 3 heteroatoms. The van der Waals surface area contributed by atoms with Gasteiger partial charge in [-0.1, -0.05) is 19.4 Å². The van der Waals surface area contributed by atoms with Crippen molar-refractivity contribution in [2.75, 3.05) is 6.54 Å². The van der Waals surface area contributed by atoms with E-state index in [9.17, 15) is 9.18 Å². The molecule has 1 unspecified atom stereocenters. The summed E-state index contributed by atoms with van der Waals surface area (Å²) in [5.74, 6) is 0.524. The molecule has 2 N–H and O–H groups in total. The Morgan fingerprint density at radius 2 is 2.11 bits per heavy atom. The minimum atomic E-state index is -0.248. The van der Waals surface area contributed by atoms with Crippen molar-refractivity contribution in [3.05, 3.63) is 35.1 Å². The van der Waals surface area contributed by atoms with Gasteiger partial charge in [-0.05, 0) is 55.5 Å². The third kappa shape index (κ3) is 5.52. The molecule has 106 valence electrons. The fraction of sp³-hybridized carbons (Fsp3) is 0.562. The Bertz CT molecular complexity index is 417. The van der Waals surface area contributed by atoms with E-state index in [1.165, 1.54) is 12.1 Å². The Kier molecular flexibility index (Phi) is 6.71. The second-order valence-corrected chi connectivity index (χ2v) is 5.18. The van der Waals surface area contributed by atoms with Crippen LogP contribution in [0.2, 0.25) is 0 Å². The predicted molar refractivity (Wildman–Crippen MR) is 76.5 cm³/mol. The van der Waals surface area contributed by atoms with E-state index < -0.39 is 0 Å². The quantitative estimate of drug-likeness (QED) is 0.782. The monoisotopic (exact) mass is 265 g/mol. The highest BCUT2D eigenvalue weighted by molar-refractivity contribution is 5.81. The summed E-state index contributed by atoms with van der Waals surface area (Å²) in [5.41, 5.74) is 7.33. The van der Waals surface area contributed by atoms with Crippen LogP contribution in [0.3, 0.4) is 0 Å². The van der Waals surface area contributed by atoms with Gasteiger partial charge in [0.05, 0.1) is 0 Å². The molecule has 1 atom stereocenters. The summed E-state index contributed by atoms with van der Waals surface area (Å²) in [6, 6.07) is 4.60. The summed E-state index contributed by atoms with van der Waals surface area (Å²) in [6.07, 6.45) is 3.96. The first-order valence-corrected chi connectivity index (χ1v) is 7.03. The lowest BCUT2D eigenvalue weighted by atomic mass is 9.93. The largest absolute Gasteiger partial charge is 0.330 e. The molecule has 0 heterocycles. The first kappa shape index (κ1) is 15.8. The first-order valence-electron chi connectivity index (χ1n) is 7.03. The van der Waals surface area contributed by atoms with Gasteiger partial charge in [-0.15, -0.1) is 0 Å². The Morgan fingerprint density at radius 1 is 1.37 bits per heavy atom. The highest BCUT2D eigenvalue weighted by Crippen LogP contribution is 2.17. The number of nitrogens with two attached hydrogens (primary N) is 1. The van der Waals surface area contributed by atoms with Crippen molar-refractivity contribution < 1.29 is 9.18 Å². The fourth-order valence-corrected chi connectivity index (χ4v) is 2.31. The number of carbonyl (C=O) groups is 1. The Morgan fingerprint density at radius 3 is 2.68 bits per heavy atom. The Hall–Kier alpha value is -1.22. The van der Waals surface area contributed by atoms with Crippen LogP contribution in [-0.2, 0) is 11.2 Å². The van der Waals surface area contributed by atoms with Crippen LogP contribution < -0.4 is 5.73 Å². The lowest BCUT2D eigenvalue weighted by Gasteiger charge is -2.13. The van der Waals surface area contributed by atoms with E-state index in [0.29, 0.717) is 25.3 Å². The summed E-state index contributed by atoms with van der Waals surface area (Å²) >= 11 is 0. The van der Waals surface area contributed by atoms with Crippen LogP contribution >= 0.6 is 0 Å². The number of halogens is 1. The van der Waals surface area contributed by atoms with E-state index >= 15 is 0 Å². The topological polar surface area (TPSA) is 43.1 Å². The summed E-state index contributed by atoms with van der Waals surface area (Å²) in [6.45, 7) is 4.66. The number of rotatable bonds is 8. The summed E-state index contributed by atoms with van der Waals surface area (Å²) in [4.78, 5) is 11.9. The van der Waals surface area contributed by atoms with Crippen molar-refractivity contribution >= 4 is 5.78 Å². The van der Waals surface area contributed by atoms with Gasteiger partial charge in [-0.25, -0.2) is 4.39 Å². The third-order valence-electron chi connectivity index (χ3n) is 3.68. The van der Waals surface area contributed by atoms with Crippen LogP contribution in [-0.4, -0.2) is 12.3 Å². The SMILES string of the molecule is CCC(CCN)CCC(=O)Cc1ccc(F)cc1C. The Balaban J connectivity index is 2.46. The third-order valence-corrected chi connectivity index (χ3v) is 3.68. The molecule has 19 heavy (non-hydrogen) atoms. The van der Waals surface area contributed by atoms with Gasteiger partial charge in [0.1, 0.15) is 11.6 Å². The minimum Gasteiger partial charge on any atom is -0.330 e. The molecule has 2 nitrogen and oxygen atoms in total. The highest BCUT2D eigenvalue weighted by atomic mass is 19.1. The first-order chi connectivity index (χ1) is 9.06. The molecule has 0 radical (unpaired) electrons. The van der Waals surface area contributed by atoms with Crippen LogP contribution in [0.15, 0.2) is 18.2 Å². The minimum absolute atomic E-state index is 0.227. The van der Waals surface area contributed by atoms with Crippen molar-refractivity contribution in [3.63, 3.8) is 0 Å². The molecular weight excluding hydrogens is 241 g/mol. The number of Topliss-reactive ketones (excluding diaryl/α,β-unsaturated/α-hetero) is 1. The van der Waals surface area contributed by atoms with Crippen LogP contribution in [0.5, 0.6) is 0 Å². The van der Waals surface area contributed by atoms with Crippen LogP contribution in [0.4, 0.5) is 4.39 Å². The summed E-state index contributed by atoms with van der Waals surface area (Å²) < 4.78 is 13.0. The van der Waals surface area contributed by atoms with Crippen molar-refractivity contribution in [2.24, 2.45) is 11.7 Å². The maximum Gasteiger partial charge on any atom is 0.137 e. The number of benzene rings is 1. The number of hydrogen-bond acceptors (Lipinski definition) is 2. The molecule has 1 aromatic carbocycles. The molecular formula is C16H24FNO. The molecule has 0 saturated heterocycles. The molecule has 0 aliphatic carbocycles. The van der Waals surface area contributed by atoms with E-state index in [0.717, 1.165) is 30.4 Å². The number of ketones is 1. The molecule has 0 fully saturated rings. The van der Waals surface area contributed by atoms with E-state index in [4.69, 9.17) is 5.73 Å². The maximum atomic E-state index is 13.0. The van der Waals surface area contributed by atoms with Crippen LogP contribution in [0.25, 0.3) is 0 Å². The molecule has 0 aromatic heterocycles. The van der Waals surface area contributed by atoms with Crippen molar-refractivity contribution in [1.82, 2.24) is 0 Å². The second kappa shape index (κ2) is 8.05. The normalized spacial score (nSPS) is 12.4. The molecule has 1 rings (SSSR count).